The van der Waals surface area contributed by atoms with Crippen LogP contribution in [-0.2, 0) is 19.4 Å². The summed E-state index contributed by atoms with van der Waals surface area (Å²) in [5.74, 6) is 3.21. The van der Waals surface area contributed by atoms with Crippen LogP contribution in [0.1, 0.15) is 35.9 Å². The largest absolute Gasteiger partial charge is 0.493 e. The van der Waals surface area contributed by atoms with E-state index in [-0.39, 0.29) is 12.4 Å². The van der Waals surface area contributed by atoms with Crippen LogP contribution in [-0.4, -0.2) is 29.8 Å². The van der Waals surface area contributed by atoms with E-state index in [0.29, 0.717) is 53.4 Å². The second kappa shape index (κ2) is 11.7. The van der Waals surface area contributed by atoms with Gasteiger partial charge >= 0.3 is 0 Å². The summed E-state index contributed by atoms with van der Waals surface area (Å²) in [6.07, 6.45) is 5.45. The first-order valence-corrected chi connectivity index (χ1v) is 13.4. The molecule has 1 aliphatic heterocycles. The van der Waals surface area contributed by atoms with Gasteiger partial charge in [-0.15, -0.1) is 6.58 Å². The zero-order chi connectivity index (χ0) is 27.4. The number of nitrogens with zero attached hydrogens (tertiary/aromatic N) is 3. The van der Waals surface area contributed by atoms with E-state index in [1.807, 2.05) is 49.4 Å². The molecular weight excluding hydrogens is 562 g/mol. The molecular formula is C30H28BrN3O5. The number of rotatable bonds is 10. The van der Waals surface area contributed by atoms with Crippen LogP contribution in [0.4, 0.5) is 0 Å². The molecule has 0 aliphatic carbocycles. The molecule has 0 saturated heterocycles. The fourth-order valence-electron chi connectivity index (χ4n) is 4.39. The van der Waals surface area contributed by atoms with E-state index in [0.717, 1.165) is 33.3 Å². The second-order valence-electron chi connectivity index (χ2n) is 8.98. The topological polar surface area (TPSA) is 84.2 Å². The van der Waals surface area contributed by atoms with Crippen molar-refractivity contribution in [1.82, 2.24) is 9.66 Å². The van der Waals surface area contributed by atoms with Gasteiger partial charge in [-0.2, -0.15) is 9.78 Å². The van der Waals surface area contributed by atoms with Gasteiger partial charge in [-0.1, -0.05) is 35.0 Å². The van der Waals surface area contributed by atoms with Gasteiger partial charge in [-0.05, 0) is 66.4 Å². The van der Waals surface area contributed by atoms with Gasteiger partial charge in [-0.25, -0.2) is 4.98 Å². The molecule has 0 fully saturated rings. The molecule has 0 spiro atoms. The number of allylic oxidation sites excluding steroid dienone is 1. The van der Waals surface area contributed by atoms with E-state index in [4.69, 9.17) is 23.9 Å². The summed E-state index contributed by atoms with van der Waals surface area (Å²) in [6.45, 7) is 6.48. The molecule has 1 aliphatic rings. The van der Waals surface area contributed by atoms with Crippen molar-refractivity contribution in [3.8, 4) is 23.0 Å². The van der Waals surface area contributed by atoms with Gasteiger partial charge in [-0.3, -0.25) is 4.79 Å². The van der Waals surface area contributed by atoms with Crippen molar-refractivity contribution in [2.24, 2.45) is 5.10 Å². The number of hydrogen-bond acceptors (Lipinski definition) is 7. The number of ether oxygens (including phenoxy) is 4. The Hall–Kier alpha value is -4.11. The van der Waals surface area contributed by atoms with Gasteiger partial charge in [0.2, 0.25) is 6.79 Å². The third kappa shape index (κ3) is 5.68. The lowest BCUT2D eigenvalue weighted by molar-refractivity contribution is 0.174. The zero-order valence-electron chi connectivity index (χ0n) is 21.8. The molecule has 0 N–H and O–H groups in total. The molecule has 9 heteroatoms. The number of hydrogen-bond donors (Lipinski definition) is 0. The summed E-state index contributed by atoms with van der Waals surface area (Å²) < 4.78 is 25.0. The normalized spacial score (nSPS) is 12.3. The summed E-state index contributed by atoms with van der Waals surface area (Å²) in [5, 5.41) is 5.06. The molecule has 0 radical (unpaired) electrons. The maximum atomic E-state index is 13.3. The fourth-order valence-corrected chi connectivity index (χ4v) is 4.75. The van der Waals surface area contributed by atoms with Gasteiger partial charge in [0.05, 0.1) is 24.2 Å². The standard InChI is InChI=1S/C30H28BrN3O5/c1-4-6-21-12-20(14-27(36-3)29(21)37-17-19-8-11-25-26(13-19)39-18-38-25)16-32-34-28(7-5-2)33-24-10-9-22(31)15-23(24)30(34)35/h4,8-16H,1,5-7,17-18H2,2-3H3. The lowest BCUT2D eigenvalue weighted by atomic mass is 10.1. The van der Waals surface area contributed by atoms with E-state index < -0.39 is 0 Å². The minimum atomic E-state index is -0.219. The first kappa shape index (κ1) is 26.5. The maximum Gasteiger partial charge on any atom is 0.282 e. The van der Waals surface area contributed by atoms with Crippen LogP contribution in [0, 0.1) is 0 Å². The minimum absolute atomic E-state index is 0.219. The number of fused-ring (bicyclic) bond motifs is 2. The van der Waals surface area contributed by atoms with E-state index in [2.05, 4.69) is 27.6 Å². The highest BCUT2D eigenvalue weighted by Crippen LogP contribution is 2.36. The van der Waals surface area contributed by atoms with Gasteiger partial charge in [0.25, 0.3) is 5.56 Å². The molecule has 0 atom stereocenters. The number of aryl methyl sites for hydroxylation is 1. The lowest BCUT2D eigenvalue weighted by Crippen LogP contribution is -2.22. The van der Waals surface area contributed by atoms with Crippen LogP contribution in [0.25, 0.3) is 10.9 Å². The van der Waals surface area contributed by atoms with Crippen LogP contribution in [0.5, 0.6) is 23.0 Å². The van der Waals surface area contributed by atoms with Gasteiger partial charge in [0.15, 0.2) is 23.0 Å². The molecule has 0 bridgehead atoms. The average molecular weight is 590 g/mol. The second-order valence-corrected chi connectivity index (χ2v) is 9.90. The Bertz CT molecular complexity index is 1630. The first-order valence-electron chi connectivity index (χ1n) is 12.6. The summed E-state index contributed by atoms with van der Waals surface area (Å²) in [6, 6.07) is 15.0. The smallest absolute Gasteiger partial charge is 0.282 e. The van der Waals surface area contributed by atoms with E-state index >= 15 is 0 Å². The van der Waals surface area contributed by atoms with Crippen molar-refractivity contribution in [2.45, 2.75) is 32.8 Å². The van der Waals surface area contributed by atoms with Crippen molar-refractivity contribution >= 4 is 33.0 Å². The predicted octanol–water partition coefficient (Wildman–Crippen LogP) is 6.04. The maximum absolute atomic E-state index is 13.3. The minimum Gasteiger partial charge on any atom is -0.493 e. The molecule has 3 aromatic carbocycles. The molecule has 39 heavy (non-hydrogen) atoms. The number of halogens is 1. The van der Waals surface area contributed by atoms with Crippen molar-refractivity contribution in [3.63, 3.8) is 0 Å². The molecule has 5 rings (SSSR count). The summed E-state index contributed by atoms with van der Waals surface area (Å²) in [4.78, 5) is 18.1. The van der Waals surface area contributed by atoms with E-state index in [1.54, 1.807) is 25.5 Å². The van der Waals surface area contributed by atoms with Gasteiger partial charge in [0, 0.05) is 16.5 Å². The predicted molar refractivity (Wildman–Crippen MR) is 154 cm³/mol. The molecule has 0 saturated carbocycles. The Labute approximate surface area is 234 Å². The SMILES string of the molecule is C=CCc1cc(C=Nn2c(CCC)nc3ccc(Br)cc3c2=O)cc(OC)c1OCc1ccc2c(c1)OCO2. The Morgan fingerprint density at radius 3 is 2.79 bits per heavy atom. The zero-order valence-corrected chi connectivity index (χ0v) is 23.4. The lowest BCUT2D eigenvalue weighted by Gasteiger charge is -2.16. The number of benzene rings is 3. The summed E-state index contributed by atoms with van der Waals surface area (Å²) in [5.41, 5.74) is 3.01. The van der Waals surface area contributed by atoms with Crippen molar-refractivity contribution in [3.05, 3.63) is 98.5 Å². The highest BCUT2D eigenvalue weighted by atomic mass is 79.9. The molecule has 0 unspecified atom stereocenters. The Morgan fingerprint density at radius 2 is 2.00 bits per heavy atom. The number of aromatic nitrogens is 2. The van der Waals surface area contributed by atoms with Crippen molar-refractivity contribution in [2.75, 3.05) is 13.9 Å². The monoisotopic (exact) mass is 589 g/mol. The van der Waals surface area contributed by atoms with Gasteiger partial charge < -0.3 is 18.9 Å². The summed E-state index contributed by atoms with van der Waals surface area (Å²) >= 11 is 3.44. The van der Waals surface area contributed by atoms with Crippen LogP contribution in [0.3, 0.4) is 0 Å². The Kier molecular flexibility index (Phi) is 7.97. The van der Waals surface area contributed by atoms with Crippen molar-refractivity contribution < 1.29 is 18.9 Å². The molecule has 4 aromatic rings. The first-order chi connectivity index (χ1) is 19.0. The third-order valence-corrected chi connectivity index (χ3v) is 6.72. The van der Waals surface area contributed by atoms with Gasteiger partial charge in [0.1, 0.15) is 12.4 Å². The summed E-state index contributed by atoms with van der Waals surface area (Å²) in [7, 11) is 1.59. The number of methoxy groups -OCH3 is 1. The molecule has 1 aromatic heterocycles. The third-order valence-electron chi connectivity index (χ3n) is 6.23. The van der Waals surface area contributed by atoms with Crippen molar-refractivity contribution in [1.29, 1.82) is 0 Å². The molecule has 8 nitrogen and oxygen atoms in total. The molecule has 0 amide bonds. The quantitative estimate of drug-likeness (QED) is 0.166. The van der Waals surface area contributed by atoms with E-state index in [9.17, 15) is 4.79 Å². The molecule has 2 heterocycles. The van der Waals surface area contributed by atoms with Crippen LogP contribution >= 0.6 is 15.9 Å². The molecule has 200 valence electrons. The van der Waals surface area contributed by atoms with Crippen LogP contribution < -0.4 is 24.5 Å². The van der Waals surface area contributed by atoms with Crippen LogP contribution in [0.15, 0.2) is 75.6 Å². The highest BCUT2D eigenvalue weighted by Gasteiger charge is 2.16. The Balaban J connectivity index is 1.48. The highest BCUT2D eigenvalue weighted by molar-refractivity contribution is 9.10. The Morgan fingerprint density at radius 1 is 1.15 bits per heavy atom. The van der Waals surface area contributed by atoms with E-state index in [1.165, 1.54) is 4.68 Å². The fraction of sp³-hybridized carbons (Fsp3) is 0.233. The average Bonchev–Trinajstić information content (AvgIpc) is 3.41. The van der Waals surface area contributed by atoms with Crippen LogP contribution in [0.2, 0.25) is 0 Å².